The Morgan fingerprint density at radius 2 is 2.11 bits per heavy atom. The minimum Gasteiger partial charge on any atom is -0.870 e. The summed E-state index contributed by atoms with van der Waals surface area (Å²) < 4.78 is 12.2. The molecule has 0 saturated heterocycles. The lowest BCUT2D eigenvalue weighted by molar-refractivity contribution is -0.272. The van der Waals surface area contributed by atoms with E-state index in [2.05, 4.69) is 0 Å². The van der Waals surface area contributed by atoms with Crippen molar-refractivity contribution in [3.63, 3.8) is 0 Å². The Morgan fingerprint density at radius 3 is 2.56 bits per heavy atom. The predicted octanol–water partition coefficient (Wildman–Crippen LogP) is 0.482. The lowest BCUT2D eigenvalue weighted by Gasteiger charge is -2.05. The van der Waals surface area contributed by atoms with Crippen LogP contribution in [0.1, 0.15) is 0 Å². The normalized spacial score (nSPS) is 9.44. The molecular weight excluding hydrogens is 121 g/mol. The molecule has 2 N–H and O–H groups in total. The molecule has 0 aromatic heterocycles. The highest BCUT2D eigenvalue weighted by Gasteiger charge is 1.89. The second-order valence-electron chi connectivity index (χ2n) is 1.69. The number of rotatable bonds is 0. The zero-order valence-electron chi connectivity index (χ0n) is 4.60. The first-order valence-corrected chi connectivity index (χ1v) is 2.42. The van der Waals surface area contributed by atoms with Gasteiger partial charge in [0.05, 0.1) is 0 Å². The summed E-state index contributed by atoms with van der Waals surface area (Å²) in [6, 6.07) is 3.47. The van der Waals surface area contributed by atoms with E-state index in [0.717, 1.165) is 12.1 Å². The quantitative estimate of drug-likeness (QED) is 0.514. The molecule has 0 fully saturated rings. The van der Waals surface area contributed by atoms with E-state index in [1.165, 1.54) is 6.07 Å². The van der Waals surface area contributed by atoms with Gasteiger partial charge in [-0.3, -0.25) is 0 Å². The highest BCUT2D eigenvalue weighted by molar-refractivity contribution is 5.41. The van der Waals surface area contributed by atoms with E-state index in [-0.39, 0.29) is 5.69 Å². The molecule has 0 amide bonds. The molecule has 0 radical (unpaired) electrons. The van der Waals surface area contributed by atoms with Crippen molar-refractivity contribution >= 4 is 5.69 Å². The SMILES string of the molecule is Nc1ccc([O-])c(F)c1. The third-order valence-corrected chi connectivity index (χ3v) is 0.956. The zero-order valence-corrected chi connectivity index (χ0v) is 4.60. The summed E-state index contributed by atoms with van der Waals surface area (Å²) in [5.41, 5.74) is 5.42. The molecular formula is C6H5FNO-. The van der Waals surface area contributed by atoms with Crippen molar-refractivity contribution in [3.05, 3.63) is 24.0 Å². The van der Waals surface area contributed by atoms with Crippen molar-refractivity contribution in [1.82, 2.24) is 0 Å². The van der Waals surface area contributed by atoms with Gasteiger partial charge < -0.3 is 10.8 Å². The Balaban J connectivity index is 3.17. The topological polar surface area (TPSA) is 49.1 Å². The van der Waals surface area contributed by atoms with Crippen molar-refractivity contribution in [1.29, 1.82) is 0 Å². The Bertz CT molecular complexity index is 224. The molecule has 0 saturated carbocycles. The van der Waals surface area contributed by atoms with E-state index in [0.29, 0.717) is 0 Å². The molecule has 1 aromatic rings. The average molecular weight is 126 g/mol. The summed E-state index contributed by atoms with van der Waals surface area (Å²) in [4.78, 5) is 0. The van der Waals surface area contributed by atoms with Crippen molar-refractivity contribution < 1.29 is 9.50 Å². The fraction of sp³-hybridized carbons (Fsp3) is 0. The van der Waals surface area contributed by atoms with Crippen LogP contribution in [0.3, 0.4) is 0 Å². The van der Waals surface area contributed by atoms with E-state index in [9.17, 15) is 9.50 Å². The van der Waals surface area contributed by atoms with Crippen LogP contribution in [0.2, 0.25) is 0 Å². The van der Waals surface area contributed by atoms with Crippen LogP contribution in [0.4, 0.5) is 10.1 Å². The van der Waals surface area contributed by atoms with Gasteiger partial charge in [0.2, 0.25) is 0 Å². The second-order valence-corrected chi connectivity index (χ2v) is 1.69. The van der Waals surface area contributed by atoms with Gasteiger partial charge >= 0.3 is 0 Å². The van der Waals surface area contributed by atoms with Gasteiger partial charge in [-0.05, 0) is 12.1 Å². The van der Waals surface area contributed by atoms with Crippen LogP contribution in [0, 0.1) is 5.82 Å². The molecule has 0 aliphatic carbocycles. The molecule has 0 unspecified atom stereocenters. The third kappa shape index (κ3) is 1.10. The maximum Gasteiger partial charge on any atom is 0.117 e. The second kappa shape index (κ2) is 1.93. The van der Waals surface area contributed by atoms with Gasteiger partial charge in [-0.25, -0.2) is 4.39 Å². The summed E-state index contributed by atoms with van der Waals surface area (Å²) in [7, 11) is 0. The molecule has 48 valence electrons. The van der Waals surface area contributed by atoms with Crippen molar-refractivity contribution in [2.75, 3.05) is 5.73 Å². The largest absolute Gasteiger partial charge is 0.870 e. The summed E-state index contributed by atoms with van der Waals surface area (Å²) in [5.74, 6) is -1.42. The number of hydrogen-bond donors (Lipinski definition) is 1. The summed E-state index contributed by atoms with van der Waals surface area (Å²) in [6.45, 7) is 0. The Morgan fingerprint density at radius 1 is 1.44 bits per heavy atom. The first kappa shape index (κ1) is 5.88. The van der Waals surface area contributed by atoms with E-state index < -0.39 is 11.6 Å². The smallest absolute Gasteiger partial charge is 0.117 e. The molecule has 1 aromatic carbocycles. The Labute approximate surface area is 51.7 Å². The van der Waals surface area contributed by atoms with Crippen LogP contribution in [-0.2, 0) is 0 Å². The third-order valence-electron chi connectivity index (χ3n) is 0.956. The molecule has 0 aliphatic rings. The van der Waals surface area contributed by atoms with E-state index in [1.807, 2.05) is 0 Å². The fourth-order valence-corrected chi connectivity index (χ4v) is 0.517. The van der Waals surface area contributed by atoms with Crippen molar-refractivity contribution in [2.45, 2.75) is 0 Å². The Kier molecular flexibility index (Phi) is 1.26. The van der Waals surface area contributed by atoms with Crippen molar-refractivity contribution in [3.8, 4) is 5.75 Å². The maximum absolute atomic E-state index is 12.2. The van der Waals surface area contributed by atoms with Crippen LogP contribution in [-0.4, -0.2) is 0 Å². The van der Waals surface area contributed by atoms with Crippen LogP contribution in [0.15, 0.2) is 18.2 Å². The highest BCUT2D eigenvalue weighted by Crippen LogP contribution is 2.13. The number of benzene rings is 1. The molecule has 9 heavy (non-hydrogen) atoms. The first-order chi connectivity index (χ1) is 4.20. The average Bonchev–Trinajstić information content (AvgIpc) is 1.80. The predicted molar refractivity (Wildman–Crippen MR) is 30.3 cm³/mol. The minimum absolute atomic E-state index is 0.270. The number of nitrogens with two attached hydrogens (primary N) is 1. The molecule has 2 nitrogen and oxygen atoms in total. The zero-order chi connectivity index (χ0) is 6.85. The molecule has 1 rings (SSSR count). The van der Waals surface area contributed by atoms with E-state index in [4.69, 9.17) is 5.73 Å². The lowest BCUT2D eigenvalue weighted by atomic mass is 10.3. The lowest BCUT2D eigenvalue weighted by Crippen LogP contribution is -1.94. The number of halogens is 1. The first-order valence-electron chi connectivity index (χ1n) is 2.42. The van der Waals surface area contributed by atoms with Gasteiger partial charge in [0.1, 0.15) is 5.82 Å². The summed E-state index contributed by atoms with van der Waals surface area (Å²) >= 11 is 0. The maximum atomic E-state index is 12.2. The van der Waals surface area contributed by atoms with Gasteiger partial charge in [-0.1, -0.05) is 11.8 Å². The molecule has 3 heteroatoms. The van der Waals surface area contributed by atoms with Gasteiger partial charge in [0.15, 0.2) is 0 Å². The standard InChI is InChI=1S/C6H6FNO/c7-5-3-4(8)1-2-6(5)9/h1-3,9H,8H2/p-1. The van der Waals surface area contributed by atoms with Gasteiger partial charge in [-0.2, -0.15) is 0 Å². The molecule has 0 heterocycles. The molecule has 0 atom stereocenters. The summed E-state index contributed by atoms with van der Waals surface area (Å²) in [6.07, 6.45) is 0. The van der Waals surface area contributed by atoms with Gasteiger partial charge in [-0.15, -0.1) is 0 Å². The summed E-state index contributed by atoms with van der Waals surface area (Å²) in [5, 5.41) is 10.3. The fourth-order valence-electron chi connectivity index (χ4n) is 0.517. The van der Waals surface area contributed by atoms with Crippen molar-refractivity contribution in [2.24, 2.45) is 0 Å². The minimum atomic E-state index is -0.796. The molecule has 0 bridgehead atoms. The van der Waals surface area contributed by atoms with E-state index in [1.54, 1.807) is 0 Å². The molecule has 0 spiro atoms. The van der Waals surface area contributed by atoms with Crippen LogP contribution in [0.25, 0.3) is 0 Å². The van der Waals surface area contributed by atoms with E-state index >= 15 is 0 Å². The Hall–Kier alpha value is -1.25. The van der Waals surface area contributed by atoms with Crippen LogP contribution < -0.4 is 10.8 Å². The number of hydrogen-bond acceptors (Lipinski definition) is 2. The number of anilines is 1. The van der Waals surface area contributed by atoms with Crippen LogP contribution >= 0.6 is 0 Å². The monoisotopic (exact) mass is 126 g/mol. The highest BCUT2D eigenvalue weighted by atomic mass is 19.1. The molecule has 0 aliphatic heterocycles. The number of nitrogen functional groups attached to an aromatic ring is 1. The van der Waals surface area contributed by atoms with Gasteiger partial charge in [0.25, 0.3) is 0 Å². The van der Waals surface area contributed by atoms with Gasteiger partial charge in [0, 0.05) is 5.69 Å². The van der Waals surface area contributed by atoms with Crippen LogP contribution in [0.5, 0.6) is 5.75 Å².